The number of rotatable bonds is 5. The van der Waals surface area contributed by atoms with Crippen molar-refractivity contribution in [3.63, 3.8) is 0 Å². The molecular weight excluding hydrogens is 438 g/mol. The van der Waals surface area contributed by atoms with Gasteiger partial charge in [-0.05, 0) is 61.5 Å². The standard InChI is InChI=1S/C25H19N3O4S/c1-15-7-9-20(16(2)11-15)27-23(29)14-28-24(30)22(33-25(28)31)12-18-8-10-21(32-18)19-6-4-3-5-17(19)13-26/h3-12H,14H2,1-2H3,(H,27,29)/b22-12+. The van der Waals surface area contributed by atoms with Gasteiger partial charge in [0.05, 0.1) is 16.5 Å². The summed E-state index contributed by atoms with van der Waals surface area (Å²) < 4.78 is 5.77. The summed E-state index contributed by atoms with van der Waals surface area (Å²) in [5, 5.41) is 11.5. The summed E-state index contributed by atoms with van der Waals surface area (Å²) in [6, 6.07) is 18.1. The third-order valence-electron chi connectivity index (χ3n) is 5.04. The first-order chi connectivity index (χ1) is 15.9. The van der Waals surface area contributed by atoms with E-state index in [2.05, 4.69) is 11.4 Å². The third-order valence-corrected chi connectivity index (χ3v) is 5.95. The number of hydrogen-bond acceptors (Lipinski definition) is 6. The molecule has 0 spiro atoms. The van der Waals surface area contributed by atoms with Gasteiger partial charge in [0.1, 0.15) is 18.1 Å². The van der Waals surface area contributed by atoms with Gasteiger partial charge in [-0.1, -0.05) is 29.8 Å². The Morgan fingerprint density at radius 2 is 1.94 bits per heavy atom. The number of carbonyl (C=O) groups is 3. The molecule has 0 unspecified atom stereocenters. The smallest absolute Gasteiger partial charge is 0.294 e. The molecule has 33 heavy (non-hydrogen) atoms. The number of imide groups is 1. The zero-order valence-corrected chi connectivity index (χ0v) is 18.7. The zero-order chi connectivity index (χ0) is 23.5. The molecule has 0 saturated carbocycles. The average molecular weight is 458 g/mol. The van der Waals surface area contributed by atoms with E-state index in [1.807, 2.05) is 26.0 Å². The first-order valence-electron chi connectivity index (χ1n) is 10.1. The maximum Gasteiger partial charge on any atom is 0.294 e. The van der Waals surface area contributed by atoms with Crippen LogP contribution < -0.4 is 5.32 Å². The van der Waals surface area contributed by atoms with E-state index in [0.29, 0.717) is 28.3 Å². The highest BCUT2D eigenvalue weighted by molar-refractivity contribution is 8.18. The Bertz CT molecular complexity index is 1350. The molecule has 164 valence electrons. The maximum absolute atomic E-state index is 12.7. The molecule has 7 nitrogen and oxygen atoms in total. The maximum atomic E-state index is 12.7. The molecule has 4 rings (SSSR count). The van der Waals surface area contributed by atoms with Gasteiger partial charge in [-0.15, -0.1) is 0 Å². The van der Waals surface area contributed by atoms with E-state index in [1.54, 1.807) is 42.5 Å². The molecule has 2 aromatic carbocycles. The minimum Gasteiger partial charge on any atom is -0.457 e. The Morgan fingerprint density at radius 3 is 2.70 bits per heavy atom. The Hall–Kier alpha value is -4.09. The van der Waals surface area contributed by atoms with Crippen molar-refractivity contribution in [2.45, 2.75) is 13.8 Å². The number of nitrogens with zero attached hydrogens (tertiary/aromatic N) is 2. The minimum absolute atomic E-state index is 0.161. The predicted octanol–water partition coefficient (Wildman–Crippen LogP) is 5.11. The van der Waals surface area contributed by atoms with Crippen molar-refractivity contribution in [2.75, 3.05) is 11.9 Å². The lowest BCUT2D eigenvalue weighted by molar-refractivity contribution is -0.127. The van der Waals surface area contributed by atoms with E-state index in [-0.39, 0.29) is 11.4 Å². The van der Waals surface area contributed by atoms with E-state index < -0.39 is 17.1 Å². The van der Waals surface area contributed by atoms with Crippen LogP contribution in [-0.4, -0.2) is 28.5 Å². The van der Waals surface area contributed by atoms with Crippen LogP contribution in [0.5, 0.6) is 0 Å². The van der Waals surface area contributed by atoms with Crippen LogP contribution in [0.25, 0.3) is 17.4 Å². The molecule has 1 saturated heterocycles. The first-order valence-corrected chi connectivity index (χ1v) is 10.9. The van der Waals surface area contributed by atoms with E-state index in [0.717, 1.165) is 27.8 Å². The van der Waals surface area contributed by atoms with Crippen molar-refractivity contribution < 1.29 is 18.8 Å². The summed E-state index contributed by atoms with van der Waals surface area (Å²) in [6.07, 6.45) is 1.46. The van der Waals surface area contributed by atoms with Crippen molar-refractivity contribution in [2.24, 2.45) is 0 Å². The molecule has 0 bridgehead atoms. The number of carbonyl (C=O) groups excluding carboxylic acids is 3. The second-order valence-corrected chi connectivity index (χ2v) is 8.49. The number of benzene rings is 2. The molecular formula is C25H19N3O4S. The lowest BCUT2D eigenvalue weighted by Gasteiger charge is -2.13. The highest BCUT2D eigenvalue weighted by Crippen LogP contribution is 2.33. The highest BCUT2D eigenvalue weighted by atomic mass is 32.2. The van der Waals surface area contributed by atoms with Gasteiger partial charge in [0.2, 0.25) is 5.91 Å². The van der Waals surface area contributed by atoms with E-state index in [9.17, 15) is 19.6 Å². The first kappa shape index (κ1) is 22.1. The van der Waals surface area contributed by atoms with Crippen LogP contribution in [-0.2, 0) is 9.59 Å². The number of hydrogen-bond donors (Lipinski definition) is 1. The number of amides is 3. The minimum atomic E-state index is -0.559. The van der Waals surface area contributed by atoms with Gasteiger partial charge in [0.25, 0.3) is 11.1 Å². The molecule has 1 aromatic heterocycles. The van der Waals surface area contributed by atoms with Gasteiger partial charge in [0.15, 0.2) is 0 Å². The SMILES string of the molecule is Cc1ccc(NC(=O)CN2C(=O)S/C(=C/c3ccc(-c4ccccc4C#N)o3)C2=O)c(C)c1. The van der Waals surface area contributed by atoms with Crippen LogP contribution in [0.4, 0.5) is 10.5 Å². The number of nitrogens with one attached hydrogen (secondary N) is 1. The summed E-state index contributed by atoms with van der Waals surface area (Å²) in [5.41, 5.74) is 3.70. The van der Waals surface area contributed by atoms with Crippen LogP contribution in [0.1, 0.15) is 22.5 Å². The van der Waals surface area contributed by atoms with Gasteiger partial charge in [-0.25, -0.2) is 0 Å². The summed E-state index contributed by atoms with van der Waals surface area (Å²) in [7, 11) is 0. The lowest BCUT2D eigenvalue weighted by atomic mass is 10.1. The van der Waals surface area contributed by atoms with E-state index in [4.69, 9.17) is 4.42 Å². The molecule has 1 aliphatic heterocycles. The summed E-state index contributed by atoms with van der Waals surface area (Å²) in [4.78, 5) is 38.6. The van der Waals surface area contributed by atoms with Crippen LogP contribution >= 0.6 is 11.8 Å². The molecule has 1 N–H and O–H groups in total. The molecule has 2 heterocycles. The van der Waals surface area contributed by atoms with Gasteiger partial charge in [0, 0.05) is 17.3 Å². The molecule has 1 aliphatic rings. The van der Waals surface area contributed by atoms with Crippen LogP contribution in [0, 0.1) is 25.2 Å². The molecule has 0 aliphatic carbocycles. The Morgan fingerprint density at radius 1 is 1.15 bits per heavy atom. The number of furan rings is 1. The fraction of sp³-hybridized carbons (Fsp3) is 0.120. The van der Waals surface area contributed by atoms with Crippen LogP contribution in [0.15, 0.2) is 63.9 Å². The predicted molar refractivity (Wildman–Crippen MR) is 126 cm³/mol. The van der Waals surface area contributed by atoms with Crippen LogP contribution in [0.3, 0.4) is 0 Å². The van der Waals surface area contributed by atoms with Crippen LogP contribution in [0.2, 0.25) is 0 Å². The normalized spacial score (nSPS) is 14.6. The molecule has 1 fully saturated rings. The second kappa shape index (κ2) is 9.18. The monoisotopic (exact) mass is 457 g/mol. The molecule has 3 amide bonds. The number of thioether (sulfide) groups is 1. The van der Waals surface area contributed by atoms with Crippen molar-refractivity contribution in [3.8, 4) is 17.4 Å². The van der Waals surface area contributed by atoms with E-state index >= 15 is 0 Å². The molecule has 3 aromatic rings. The van der Waals surface area contributed by atoms with Gasteiger partial charge < -0.3 is 9.73 Å². The van der Waals surface area contributed by atoms with Gasteiger partial charge >= 0.3 is 0 Å². The number of anilines is 1. The Labute approximate surface area is 194 Å². The van der Waals surface area contributed by atoms with Crippen molar-refractivity contribution in [1.29, 1.82) is 5.26 Å². The topological polar surface area (TPSA) is 103 Å². The molecule has 8 heteroatoms. The van der Waals surface area contributed by atoms with Crippen molar-refractivity contribution >= 4 is 40.6 Å². The van der Waals surface area contributed by atoms with E-state index in [1.165, 1.54) is 6.08 Å². The Kier molecular flexibility index (Phi) is 6.16. The lowest BCUT2D eigenvalue weighted by Crippen LogP contribution is -2.36. The number of aryl methyl sites for hydroxylation is 2. The molecule has 0 radical (unpaired) electrons. The largest absolute Gasteiger partial charge is 0.457 e. The molecule has 0 atom stereocenters. The quantitative estimate of drug-likeness (QED) is 0.534. The summed E-state index contributed by atoms with van der Waals surface area (Å²) in [6.45, 7) is 3.45. The number of nitriles is 1. The summed E-state index contributed by atoms with van der Waals surface area (Å²) in [5.74, 6) is -0.177. The zero-order valence-electron chi connectivity index (χ0n) is 17.9. The fourth-order valence-corrected chi connectivity index (χ4v) is 4.24. The Balaban J connectivity index is 1.47. The van der Waals surface area contributed by atoms with Gasteiger partial charge in [-0.2, -0.15) is 5.26 Å². The van der Waals surface area contributed by atoms with Crippen molar-refractivity contribution in [1.82, 2.24) is 4.90 Å². The average Bonchev–Trinajstić information content (AvgIpc) is 3.36. The highest BCUT2D eigenvalue weighted by Gasteiger charge is 2.36. The summed E-state index contributed by atoms with van der Waals surface area (Å²) >= 11 is 0.749. The third kappa shape index (κ3) is 4.73. The van der Waals surface area contributed by atoms with Crippen molar-refractivity contribution in [3.05, 3.63) is 82.0 Å². The van der Waals surface area contributed by atoms with Gasteiger partial charge in [-0.3, -0.25) is 19.3 Å². The fourth-order valence-electron chi connectivity index (χ4n) is 3.42. The second-order valence-electron chi connectivity index (χ2n) is 7.49.